The van der Waals surface area contributed by atoms with Crippen molar-refractivity contribution >= 4 is 27.3 Å². The summed E-state index contributed by atoms with van der Waals surface area (Å²) in [4.78, 5) is 1.32. The van der Waals surface area contributed by atoms with E-state index in [1.807, 2.05) is 18.2 Å². The second kappa shape index (κ2) is 4.92. The van der Waals surface area contributed by atoms with Gasteiger partial charge in [0.2, 0.25) is 0 Å². The first kappa shape index (κ1) is 10.9. The molecule has 0 amide bonds. The van der Waals surface area contributed by atoms with Crippen molar-refractivity contribution in [3.8, 4) is 0 Å². The van der Waals surface area contributed by atoms with Gasteiger partial charge in [-0.2, -0.15) is 0 Å². The predicted octanol–water partition coefficient (Wildman–Crippen LogP) is 3.75. The molecular formula is C12H12BrNS. The van der Waals surface area contributed by atoms with Crippen LogP contribution in [0.1, 0.15) is 16.5 Å². The minimum Gasteiger partial charge on any atom is -0.324 e. The van der Waals surface area contributed by atoms with Crippen LogP contribution < -0.4 is 5.73 Å². The van der Waals surface area contributed by atoms with Crippen LogP contribution in [0.3, 0.4) is 0 Å². The summed E-state index contributed by atoms with van der Waals surface area (Å²) in [6.07, 6.45) is 0.903. The SMILES string of the molecule is NC(Cc1ccc(Br)s1)c1ccccc1. The van der Waals surface area contributed by atoms with Crippen molar-refractivity contribution in [1.82, 2.24) is 0 Å². The number of hydrogen-bond donors (Lipinski definition) is 1. The molecule has 0 aliphatic heterocycles. The highest BCUT2D eigenvalue weighted by molar-refractivity contribution is 9.11. The van der Waals surface area contributed by atoms with E-state index >= 15 is 0 Å². The van der Waals surface area contributed by atoms with Crippen molar-refractivity contribution in [1.29, 1.82) is 0 Å². The molecule has 1 atom stereocenters. The van der Waals surface area contributed by atoms with Gasteiger partial charge in [0, 0.05) is 17.3 Å². The van der Waals surface area contributed by atoms with E-state index in [0.717, 1.165) is 10.2 Å². The van der Waals surface area contributed by atoms with E-state index < -0.39 is 0 Å². The fourth-order valence-electron chi connectivity index (χ4n) is 1.50. The van der Waals surface area contributed by atoms with Crippen LogP contribution in [0.25, 0.3) is 0 Å². The maximum Gasteiger partial charge on any atom is 0.0701 e. The van der Waals surface area contributed by atoms with Gasteiger partial charge in [-0.1, -0.05) is 30.3 Å². The molecule has 0 bridgehead atoms. The molecule has 1 unspecified atom stereocenters. The lowest BCUT2D eigenvalue weighted by atomic mass is 10.0. The fourth-order valence-corrected chi connectivity index (χ4v) is 3.04. The van der Waals surface area contributed by atoms with Gasteiger partial charge in [-0.3, -0.25) is 0 Å². The molecule has 0 aliphatic rings. The Kier molecular flexibility index (Phi) is 3.57. The molecule has 0 saturated carbocycles. The molecule has 1 aromatic heterocycles. The van der Waals surface area contributed by atoms with Crippen LogP contribution in [-0.4, -0.2) is 0 Å². The van der Waals surface area contributed by atoms with Crippen molar-refractivity contribution in [3.05, 3.63) is 56.7 Å². The van der Waals surface area contributed by atoms with Crippen molar-refractivity contribution < 1.29 is 0 Å². The van der Waals surface area contributed by atoms with Gasteiger partial charge in [0.1, 0.15) is 0 Å². The molecule has 1 aromatic carbocycles. The van der Waals surface area contributed by atoms with Crippen LogP contribution in [0.4, 0.5) is 0 Å². The maximum absolute atomic E-state index is 6.13. The van der Waals surface area contributed by atoms with Gasteiger partial charge in [-0.25, -0.2) is 0 Å². The van der Waals surface area contributed by atoms with Gasteiger partial charge in [-0.05, 0) is 33.6 Å². The molecule has 1 heterocycles. The largest absolute Gasteiger partial charge is 0.324 e. The summed E-state index contributed by atoms with van der Waals surface area (Å²) >= 11 is 5.20. The number of benzene rings is 1. The van der Waals surface area contributed by atoms with Crippen LogP contribution in [0.5, 0.6) is 0 Å². The molecule has 0 spiro atoms. The smallest absolute Gasteiger partial charge is 0.0701 e. The first-order valence-electron chi connectivity index (χ1n) is 4.80. The molecule has 0 saturated heterocycles. The molecule has 2 aromatic rings. The van der Waals surface area contributed by atoms with Crippen molar-refractivity contribution in [2.45, 2.75) is 12.5 Å². The Morgan fingerprint density at radius 1 is 1.13 bits per heavy atom. The van der Waals surface area contributed by atoms with E-state index in [1.54, 1.807) is 11.3 Å². The molecular weight excluding hydrogens is 270 g/mol. The lowest BCUT2D eigenvalue weighted by Crippen LogP contribution is -2.12. The Morgan fingerprint density at radius 3 is 2.47 bits per heavy atom. The summed E-state index contributed by atoms with van der Waals surface area (Å²) in [7, 11) is 0. The molecule has 0 radical (unpaired) electrons. The zero-order chi connectivity index (χ0) is 10.7. The van der Waals surface area contributed by atoms with E-state index in [4.69, 9.17) is 5.73 Å². The lowest BCUT2D eigenvalue weighted by Gasteiger charge is -2.10. The highest BCUT2D eigenvalue weighted by atomic mass is 79.9. The number of halogens is 1. The molecule has 0 fully saturated rings. The van der Waals surface area contributed by atoms with Gasteiger partial charge in [0.15, 0.2) is 0 Å². The maximum atomic E-state index is 6.13. The first-order chi connectivity index (χ1) is 7.25. The zero-order valence-electron chi connectivity index (χ0n) is 8.19. The van der Waals surface area contributed by atoms with E-state index in [0.29, 0.717) is 0 Å². The third-order valence-corrected chi connectivity index (χ3v) is 3.92. The lowest BCUT2D eigenvalue weighted by molar-refractivity contribution is 0.730. The highest BCUT2D eigenvalue weighted by Crippen LogP contribution is 2.25. The zero-order valence-corrected chi connectivity index (χ0v) is 10.6. The van der Waals surface area contributed by atoms with E-state index in [9.17, 15) is 0 Å². The summed E-state index contributed by atoms with van der Waals surface area (Å²) in [5.41, 5.74) is 7.32. The van der Waals surface area contributed by atoms with Crippen LogP contribution in [0.2, 0.25) is 0 Å². The topological polar surface area (TPSA) is 26.0 Å². The second-order valence-electron chi connectivity index (χ2n) is 3.43. The number of hydrogen-bond acceptors (Lipinski definition) is 2. The van der Waals surface area contributed by atoms with Crippen LogP contribution in [0.15, 0.2) is 46.3 Å². The highest BCUT2D eigenvalue weighted by Gasteiger charge is 2.07. The second-order valence-corrected chi connectivity index (χ2v) is 5.97. The molecule has 2 rings (SSSR count). The monoisotopic (exact) mass is 281 g/mol. The standard InChI is InChI=1S/C12H12BrNS/c13-12-7-6-10(15-12)8-11(14)9-4-2-1-3-5-9/h1-7,11H,8,14H2. The van der Waals surface area contributed by atoms with Crippen LogP contribution in [-0.2, 0) is 6.42 Å². The first-order valence-corrected chi connectivity index (χ1v) is 6.41. The van der Waals surface area contributed by atoms with Gasteiger partial charge < -0.3 is 5.73 Å². The van der Waals surface area contributed by atoms with Crippen LogP contribution >= 0.6 is 27.3 Å². The number of thiophene rings is 1. The van der Waals surface area contributed by atoms with Crippen molar-refractivity contribution in [2.24, 2.45) is 5.73 Å². The molecule has 3 heteroatoms. The summed E-state index contributed by atoms with van der Waals surface area (Å²) in [5.74, 6) is 0. The minimum absolute atomic E-state index is 0.0942. The van der Waals surface area contributed by atoms with Crippen LogP contribution in [0, 0.1) is 0 Å². The summed E-state index contributed by atoms with van der Waals surface area (Å²) in [6.45, 7) is 0. The predicted molar refractivity (Wildman–Crippen MR) is 69.1 cm³/mol. The van der Waals surface area contributed by atoms with E-state index in [-0.39, 0.29) is 6.04 Å². The fraction of sp³-hybridized carbons (Fsp3) is 0.167. The molecule has 2 N–H and O–H groups in total. The van der Waals surface area contributed by atoms with E-state index in [1.165, 1.54) is 10.4 Å². The summed E-state index contributed by atoms with van der Waals surface area (Å²) in [6, 6.07) is 14.5. The molecule has 78 valence electrons. The van der Waals surface area contributed by atoms with Crippen molar-refractivity contribution in [3.63, 3.8) is 0 Å². The minimum atomic E-state index is 0.0942. The average Bonchev–Trinajstić information content (AvgIpc) is 2.65. The summed E-state index contributed by atoms with van der Waals surface area (Å²) < 4.78 is 1.16. The quantitative estimate of drug-likeness (QED) is 0.911. The average molecular weight is 282 g/mol. The Morgan fingerprint density at radius 2 is 1.87 bits per heavy atom. The van der Waals surface area contributed by atoms with Gasteiger partial charge in [-0.15, -0.1) is 11.3 Å². The molecule has 0 aliphatic carbocycles. The van der Waals surface area contributed by atoms with Gasteiger partial charge >= 0.3 is 0 Å². The third-order valence-electron chi connectivity index (χ3n) is 2.28. The Bertz CT molecular complexity index is 424. The summed E-state index contributed by atoms with van der Waals surface area (Å²) in [5, 5.41) is 0. The Balaban J connectivity index is 2.07. The van der Waals surface area contributed by atoms with Gasteiger partial charge in [0.25, 0.3) is 0 Å². The Hall–Kier alpha value is -0.640. The third kappa shape index (κ3) is 2.91. The molecule has 1 nitrogen and oxygen atoms in total. The van der Waals surface area contributed by atoms with Gasteiger partial charge in [0.05, 0.1) is 3.79 Å². The molecule has 15 heavy (non-hydrogen) atoms. The van der Waals surface area contributed by atoms with Crippen molar-refractivity contribution in [2.75, 3.05) is 0 Å². The van der Waals surface area contributed by atoms with E-state index in [2.05, 4.69) is 40.2 Å². The number of nitrogens with two attached hydrogens (primary N) is 1. The normalized spacial score (nSPS) is 12.7. The number of rotatable bonds is 3. The Labute approximate surface area is 102 Å².